The van der Waals surface area contributed by atoms with Gasteiger partial charge in [0.1, 0.15) is 11.5 Å². The number of nitro groups is 1. The van der Waals surface area contributed by atoms with Gasteiger partial charge in [0, 0.05) is 5.56 Å². The highest BCUT2D eigenvalue weighted by atomic mass is 16.6. The molecule has 3 rings (SSSR count). The van der Waals surface area contributed by atoms with Crippen molar-refractivity contribution in [2.45, 2.75) is 6.54 Å². The van der Waals surface area contributed by atoms with E-state index >= 15 is 0 Å². The number of aromatic nitrogens is 4. The fraction of sp³-hybridized carbons (Fsp3) is 0.0714. The van der Waals surface area contributed by atoms with Crippen LogP contribution in [0.15, 0.2) is 52.0 Å². The number of benzene rings is 1. The molecule has 1 aromatic carbocycles. The van der Waals surface area contributed by atoms with Crippen LogP contribution in [0.5, 0.6) is 0 Å². The minimum Gasteiger partial charge on any atom is -0.400 e. The molecule has 0 saturated carbocycles. The third kappa shape index (κ3) is 4.10. The fourth-order valence-corrected chi connectivity index (χ4v) is 1.85. The van der Waals surface area contributed by atoms with Crippen molar-refractivity contribution in [3.8, 4) is 11.4 Å². The number of hydrogen-bond donors (Lipinski definition) is 1. The van der Waals surface area contributed by atoms with Crippen LogP contribution < -0.4 is 5.43 Å². The molecule has 0 radical (unpaired) electrons. The Hall–Kier alpha value is -3.89. The smallest absolute Gasteiger partial charge is 0.400 e. The van der Waals surface area contributed by atoms with Crippen molar-refractivity contribution < 1.29 is 14.1 Å². The van der Waals surface area contributed by atoms with Gasteiger partial charge in [-0.05, 0) is 11.3 Å². The summed E-state index contributed by atoms with van der Waals surface area (Å²) in [7, 11) is 0. The molecule has 2 heterocycles. The number of nitrogens with zero attached hydrogens (tertiary/aromatic N) is 6. The van der Waals surface area contributed by atoms with Gasteiger partial charge in [-0.2, -0.15) is 9.90 Å². The van der Waals surface area contributed by atoms with Crippen molar-refractivity contribution in [1.82, 2.24) is 25.6 Å². The molecule has 0 unspecified atom stereocenters. The maximum absolute atomic E-state index is 11.8. The molecule has 0 aliphatic rings. The second-order valence-corrected chi connectivity index (χ2v) is 4.74. The van der Waals surface area contributed by atoms with Gasteiger partial charge in [0.2, 0.25) is 5.82 Å². The summed E-state index contributed by atoms with van der Waals surface area (Å²) >= 11 is 0. The molecular formula is C14H11N7O4. The molecule has 11 heteroatoms. The van der Waals surface area contributed by atoms with Crippen molar-refractivity contribution in [3.63, 3.8) is 0 Å². The first kappa shape index (κ1) is 16.0. The number of nitrogens with one attached hydrogen (secondary N) is 1. The maximum Gasteiger partial charge on any atom is 0.433 e. The number of tetrazole rings is 1. The minimum atomic E-state index is -0.670. The molecule has 0 bridgehead atoms. The summed E-state index contributed by atoms with van der Waals surface area (Å²) in [6, 6.07) is 11.8. The van der Waals surface area contributed by atoms with Crippen molar-refractivity contribution in [2.24, 2.45) is 5.10 Å². The van der Waals surface area contributed by atoms with Gasteiger partial charge in [0.25, 0.3) is 5.91 Å². The number of furan rings is 1. The van der Waals surface area contributed by atoms with Gasteiger partial charge in [0.05, 0.1) is 12.3 Å². The Bertz CT molecular complexity index is 916. The molecule has 1 N–H and O–H groups in total. The van der Waals surface area contributed by atoms with Gasteiger partial charge in [-0.15, -0.1) is 10.2 Å². The average molecular weight is 341 g/mol. The molecule has 2 aromatic heterocycles. The summed E-state index contributed by atoms with van der Waals surface area (Å²) in [5, 5.41) is 25.9. The van der Waals surface area contributed by atoms with Crippen LogP contribution in [-0.4, -0.2) is 37.3 Å². The molecule has 3 aromatic rings. The van der Waals surface area contributed by atoms with E-state index < -0.39 is 16.7 Å². The Labute approximate surface area is 140 Å². The Balaban J connectivity index is 1.55. The number of carbonyl (C=O) groups is 1. The highest BCUT2D eigenvalue weighted by Crippen LogP contribution is 2.13. The third-order valence-corrected chi connectivity index (χ3v) is 2.94. The third-order valence-electron chi connectivity index (χ3n) is 2.94. The van der Waals surface area contributed by atoms with Gasteiger partial charge in [0.15, 0.2) is 5.76 Å². The summed E-state index contributed by atoms with van der Waals surface area (Å²) in [6.45, 7) is -0.185. The zero-order valence-electron chi connectivity index (χ0n) is 12.6. The van der Waals surface area contributed by atoms with E-state index in [1.54, 1.807) is 0 Å². The molecule has 0 aliphatic carbocycles. The van der Waals surface area contributed by atoms with E-state index in [-0.39, 0.29) is 12.3 Å². The van der Waals surface area contributed by atoms with E-state index in [1.807, 2.05) is 30.3 Å². The van der Waals surface area contributed by atoms with Crippen LogP contribution in [0.2, 0.25) is 0 Å². The number of amides is 1. The van der Waals surface area contributed by atoms with Gasteiger partial charge in [-0.3, -0.25) is 14.9 Å². The molecule has 11 nitrogen and oxygen atoms in total. The molecule has 0 atom stereocenters. The van der Waals surface area contributed by atoms with Crippen molar-refractivity contribution in [1.29, 1.82) is 0 Å². The van der Waals surface area contributed by atoms with Crippen LogP contribution in [0.4, 0.5) is 5.88 Å². The lowest BCUT2D eigenvalue weighted by Gasteiger charge is -1.97. The van der Waals surface area contributed by atoms with Crippen molar-refractivity contribution >= 4 is 18.0 Å². The Morgan fingerprint density at radius 1 is 1.32 bits per heavy atom. The molecule has 25 heavy (non-hydrogen) atoms. The van der Waals surface area contributed by atoms with Crippen molar-refractivity contribution in [2.75, 3.05) is 0 Å². The highest BCUT2D eigenvalue weighted by molar-refractivity contribution is 5.80. The minimum absolute atomic E-state index is 0.136. The monoisotopic (exact) mass is 341 g/mol. The number of hydrogen-bond acceptors (Lipinski definition) is 8. The van der Waals surface area contributed by atoms with E-state index in [0.29, 0.717) is 5.82 Å². The first-order chi connectivity index (χ1) is 12.1. The number of rotatable bonds is 6. The van der Waals surface area contributed by atoms with Crippen LogP contribution in [-0.2, 0) is 11.3 Å². The molecular weight excluding hydrogens is 330 g/mol. The number of carbonyl (C=O) groups excluding carboxylic acids is 1. The number of hydrazone groups is 1. The zero-order valence-corrected chi connectivity index (χ0v) is 12.6. The predicted molar refractivity (Wildman–Crippen MR) is 84.4 cm³/mol. The quantitative estimate of drug-likeness (QED) is 0.400. The van der Waals surface area contributed by atoms with Gasteiger partial charge >= 0.3 is 5.88 Å². The summed E-state index contributed by atoms with van der Waals surface area (Å²) in [5.74, 6) is -0.362. The molecule has 0 fully saturated rings. The largest absolute Gasteiger partial charge is 0.433 e. The second kappa shape index (κ2) is 7.12. The topological polar surface area (TPSA) is 141 Å². The Kier molecular flexibility index (Phi) is 4.55. The maximum atomic E-state index is 11.8. The summed E-state index contributed by atoms with van der Waals surface area (Å²) in [5.41, 5.74) is 3.02. The van der Waals surface area contributed by atoms with Gasteiger partial charge < -0.3 is 4.42 Å². The first-order valence-electron chi connectivity index (χ1n) is 7.01. The zero-order chi connectivity index (χ0) is 17.6. The second-order valence-electron chi connectivity index (χ2n) is 4.74. The lowest BCUT2D eigenvalue weighted by atomic mass is 10.2. The van der Waals surface area contributed by atoms with Crippen molar-refractivity contribution in [3.05, 3.63) is 58.3 Å². The van der Waals surface area contributed by atoms with Crippen LogP contribution in [0.3, 0.4) is 0 Å². The van der Waals surface area contributed by atoms with Crippen LogP contribution in [0, 0.1) is 10.1 Å². The van der Waals surface area contributed by atoms with Crippen LogP contribution in [0.25, 0.3) is 11.4 Å². The molecule has 0 saturated heterocycles. The Morgan fingerprint density at radius 2 is 2.12 bits per heavy atom. The van der Waals surface area contributed by atoms with Gasteiger partial charge in [-0.1, -0.05) is 30.3 Å². The van der Waals surface area contributed by atoms with Crippen LogP contribution >= 0.6 is 0 Å². The van der Waals surface area contributed by atoms with Crippen LogP contribution in [0.1, 0.15) is 5.76 Å². The standard InChI is InChI=1S/C14H11N7O4/c22-12(16-15-8-11-6-7-13(25-11)21(23)24)9-20-18-14(17-19-20)10-4-2-1-3-5-10/h1-8H,9H2,(H,16,22)/b15-8-. The molecule has 1 amide bonds. The highest BCUT2D eigenvalue weighted by Gasteiger charge is 2.11. The first-order valence-corrected chi connectivity index (χ1v) is 7.01. The van der Waals surface area contributed by atoms with E-state index in [9.17, 15) is 14.9 Å². The van der Waals surface area contributed by atoms with Gasteiger partial charge in [-0.25, -0.2) is 5.43 Å². The van der Waals surface area contributed by atoms with E-state index in [4.69, 9.17) is 4.42 Å². The SMILES string of the molecule is O=C(Cn1nnc(-c2ccccc2)n1)N/N=C\c1ccc([N+](=O)[O-])o1. The fourth-order valence-electron chi connectivity index (χ4n) is 1.85. The summed E-state index contributed by atoms with van der Waals surface area (Å²) < 4.78 is 4.86. The van der Waals surface area contributed by atoms with E-state index in [1.165, 1.54) is 12.1 Å². The van der Waals surface area contributed by atoms with E-state index in [0.717, 1.165) is 16.6 Å². The predicted octanol–water partition coefficient (Wildman–Crippen LogP) is 0.992. The van der Waals surface area contributed by atoms with E-state index in [2.05, 4.69) is 25.9 Å². The molecule has 126 valence electrons. The summed E-state index contributed by atoms with van der Waals surface area (Å²) in [6.07, 6.45) is 1.15. The molecule has 0 spiro atoms. The lowest BCUT2D eigenvalue weighted by molar-refractivity contribution is -0.402. The molecule has 0 aliphatic heterocycles. The average Bonchev–Trinajstić information content (AvgIpc) is 3.25. The summed E-state index contributed by atoms with van der Waals surface area (Å²) in [4.78, 5) is 22.7. The normalized spacial score (nSPS) is 10.9. The Morgan fingerprint density at radius 3 is 2.84 bits per heavy atom. The lowest BCUT2D eigenvalue weighted by Crippen LogP contribution is -2.24.